The van der Waals surface area contributed by atoms with Gasteiger partial charge in [-0.05, 0) is 25.1 Å². The molecule has 0 unspecified atom stereocenters. The van der Waals surface area contributed by atoms with Crippen molar-refractivity contribution in [2.75, 3.05) is 5.73 Å². The average Bonchev–Trinajstić information content (AvgIpc) is 2.51. The molecule has 2 aromatic rings. The summed E-state index contributed by atoms with van der Waals surface area (Å²) < 4.78 is 0. The Labute approximate surface area is 91.4 Å². The number of nitrogens with zero attached hydrogens (tertiary/aromatic N) is 1. The Morgan fingerprint density at radius 2 is 2.21 bits per heavy atom. The average molecular weight is 225 g/mol. The largest absolute Gasteiger partial charge is 0.399 e. The van der Waals surface area contributed by atoms with Gasteiger partial charge in [0.25, 0.3) is 0 Å². The molecule has 0 spiro atoms. The number of hydrogen-bond acceptors (Lipinski definition) is 3. The van der Waals surface area contributed by atoms with E-state index in [-0.39, 0.29) is 0 Å². The first-order valence-corrected chi connectivity index (χ1v) is 5.40. The van der Waals surface area contributed by atoms with E-state index in [1.807, 2.05) is 24.4 Å². The van der Waals surface area contributed by atoms with Gasteiger partial charge in [0, 0.05) is 22.3 Å². The molecule has 0 aliphatic heterocycles. The molecule has 0 saturated carbocycles. The smallest absolute Gasteiger partial charge is 0.125 e. The quantitative estimate of drug-likeness (QED) is 0.755. The van der Waals surface area contributed by atoms with Gasteiger partial charge in [-0.2, -0.15) is 0 Å². The molecular weight excluding hydrogens is 216 g/mol. The van der Waals surface area contributed by atoms with Crippen LogP contribution in [-0.4, -0.2) is 4.98 Å². The van der Waals surface area contributed by atoms with Crippen LogP contribution in [0.25, 0.3) is 10.6 Å². The zero-order valence-electron chi connectivity index (χ0n) is 7.62. The van der Waals surface area contributed by atoms with Crippen molar-refractivity contribution >= 4 is 28.6 Å². The second-order valence-electron chi connectivity index (χ2n) is 3.03. The van der Waals surface area contributed by atoms with Crippen LogP contribution in [0.1, 0.15) is 5.69 Å². The number of halogens is 1. The molecule has 72 valence electrons. The summed E-state index contributed by atoms with van der Waals surface area (Å²) in [6.07, 6.45) is 0. The van der Waals surface area contributed by atoms with Crippen molar-refractivity contribution in [3.05, 3.63) is 34.3 Å². The lowest BCUT2D eigenvalue weighted by atomic mass is 10.2. The highest BCUT2D eigenvalue weighted by Gasteiger charge is 2.06. The molecule has 1 aromatic heterocycles. The number of nitrogens with two attached hydrogens (primary N) is 1. The summed E-state index contributed by atoms with van der Waals surface area (Å²) in [4.78, 5) is 4.36. The zero-order chi connectivity index (χ0) is 10.1. The fourth-order valence-electron chi connectivity index (χ4n) is 1.18. The fourth-order valence-corrected chi connectivity index (χ4v) is 2.35. The Hall–Kier alpha value is -1.06. The minimum atomic E-state index is 0.652. The van der Waals surface area contributed by atoms with Crippen molar-refractivity contribution < 1.29 is 0 Å². The predicted octanol–water partition coefficient (Wildman–Crippen LogP) is 3.35. The fraction of sp³-hybridized carbons (Fsp3) is 0.100. The lowest BCUT2D eigenvalue weighted by Crippen LogP contribution is -1.85. The predicted molar refractivity (Wildman–Crippen MR) is 61.7 cm³/mol. The molecule has 0 saturated heterocycles. The molecule has 0 aliphatic carbocycles. The molecule has 0 aliphatic rings. The number of hydrogen-bond donors (Lipinski definition) is 1. The summed E-state index contributed by atoms with van der Waals surface area (Å²) in [5, 5.41) is 3.59. The number of benzene rings is 1. The van der Waals surface area contributed by atoms with Crippen molar-refractivity contribution in [1.29, 1.82) is 0 Å². The molecule has 2 rings (SSSR count). The first kappa shape index (κ1) is 9.49. The van der Waals surface area contributed by atoms with Crippen LogP contribution in [0.5, 0.6) is 0 Å². The molecular formula is C10H9ClN2S. The first-order valence-electron chi connectivity index (χ1n) is 4.14. The lowest BCUT2D eigenvalue weighted by molar-refractivity contribution is 1.27. The number of aromatic nitrogens is 1. The Balaban J connectivity index is 2.52. The second kappa shape index (κ2) is 3.59. The second-order valence-corrected chi connectivity index (χ2v) is 4.30. The minimum Gasteiger partial charge on any atom is -0.399 e. The van der Waals surface area contributed by atoms with Gasteiger partial charge in [0.15, 0.2) is 0 Å². The number of anilines is 1. The van der Waals surface area contributed by atoms with Gasteiger partial charge in [-0.1, -0.05) is 11.6 Å². The van der Waals surface area contributed by atoms with Crippen LogP contribution in [-0.2, 0) is 0 Å². The molecule has 4 heteroatoms. The Morgan fingerprint density at radius 3 is 2.79 bits per heavy atom. The monoisotopic (exact) mass is 224 g/mol. The van der Waals surface area contributed by atoms with Crippen molar-refractivity contribution in [2.45, 2.75) is 6.92 Å². The molecule has 0 radical (unpaired) electrons. The van der Waals surface area contributed by atoms with E-state index >= 15 is 0 Å². The molecule has 0 atom stereocenters. The van der Waals surface area contributed by atoms with E-state index in [1.165, 1.54) is 0 Å². The molecule has 1 aromatic carbocycles. The molecule has 2 N–H and O–H groups in total. The normalized spacial score (nSPS) is 10.4. The van der Waals surface area contributed by atoms with Gasteiger partial charge in [0.1, 0.15) is 5.01 Å². The third kappa shape index (κ3) is 1.74. The lowest BCUT2D eigenvalue weighted by Gasteiger charge is -2.00. The maximum atomic E-state index is 6.06. The Morgan fingerprint density at radius 1 is 1.43 bits per heavy atom. The zero-order valence-corrected chi connectivity index (χ0v) is 9.19. The van der Waals surface area contributed by atoms with Crippen LogP contribution in [0.15, 0.2) is 23.6 Å². The molecule has 14 heavy (non-hydrogen) atoms. The number of rotatable bonds is 1. The minimum absolute atomic E-state index is 0.652. The highest BCUT2D eigenvalue weighted by atomic mass is 35.5. The SMILES string of the molecule is Cc1csc(-c2ccc(N)cc2Cl)n1. The van der Waals surface area contributed by atoms with Gasteiger partial charge in [-0.15, -0.1) is 11.3 Å². The molecule has 1 heterocycles. The highest BCUT2D eigenvalue weighted by molar-refractivity contribution is 7.13. The Kier molecular flexibility index (Phi) is 2.44. The van der Waals surface area contributed by atoms with Gasteiger partial charge in [0.2, 0.25) is 0 Å². The topological polar surface area (TPSA) is 38.9 Å². The van der Waals surface area contributed by atoms with Crippen LogP contribution < -0.4 is 5.73 Å². The summed E-state index contributed by atoms with van der Waals surface area (Å²) in [5.74, 6) is 0. The van der Waals surface area contributed by atoms with E-state index in [0.717, 1.165) is 16.3 Å². The van der Waals surface area contributed by atoms with E-state index in [2.05, 4.69) is 4.98 Å². The third-order valence-corrected chi connectivity index (χ3v) is 3.15. The van der Waals surface area contributed by atoms with Gasteiger partial charge in [-0.25, -0.2) is 4.98 Å². The van der Waals surface area contributed by atoms with Crippen LogP contribution in [0, 0.1) is 6.92 Å². The highest BCUT2D eigenvalue weighted by Crippen LogP contribution is 2.31. The number of thiazole rings is 1. The maximum absolute atomic E-state index is 6.06. The van der Waals surface area contributed by atoms with Crippen molar-refractivity contribution in [3.8, 4) is 10.6 Å². The van der Waals surface area contributed by atoms with E-state index in [9.17, 15) is 0 Å². The first-order chi connectivity index (χ1) is 6.66. The van der Waals surface area contributed by atoms with Gasteiger partial charge in [-0.3, -0.25) is 0 Å². The third-order valence-electron chi connectivity index (χ3n) is 1.84. The number of aryl methyl sites for hydroxylation is 1. The molecule has 0 amide bonds. The van der Waals surface area contributed by atoms with Crippen molar-refractivity contribution in [3.63, 3.8) is 0 Å². The number of nitrogen functional groups attached to an aromatic ring is 1. The van der Waals surface area contributed by atoms with Crippen molar-refractivity contribution in [1.82, 2.24) is 4.98 Å². The van der Waals surface area contributed by atoms with Crippen LogP contribution in [0.4, 0.5) is 5.69 Å². The van der Waals surface area contributed by atoms with Gasteiger partial charge < -0.3 is 5.73 Å². The standard InChI is InChI=1S/C10H9ClN2S/c1-6-5-14-10(13-6)8-3-2-7(12)4-9(8)11/h2-5H,12H2,1H3. The van der Waals surface area contributed by atoms with Crippen LogP contribution in [0.2, 0.25) is 5.02 Å². The molecule has 0 bridgehead atoms. The summed E-state index contributed by atoms with van der Waals surface area (Å²) in [7, 11) is 0. The summed E-state index contributed by atoms with van der Waals surface area (Å²) in [6, 6.07) is 5.47. The van der Waals surface area contributed by atoms with E-state index in [0.29, 0.717) is 10.7 Å². The van der Waals surface area contributed by atoms with Crippen LogP contribution in [0.3, 0.4) is 0 Å². The van der Waals surface area contributed by atoms with Gasteiger partial charge in [0.05, 0.1) is 5.02 Å². The van der Waals surface area contributed by atoms with Crippen molar-refractivity contribution in [2.24, 2.45) is 0 Å². The maximum Gasteiger partial charge on any atom is 0.125 e. The van der Waals surface area contributed by atoms with E-state index in [4.69, 9.17) is 17.3 Å². The summed E-state index contributed by atoms with van der Waals surface area (Å²) >= 11 is 7.65. The molecule has 0 fully saturated rings. The van der Waals surface area contributed by atoms with E-state index in [1.54, 1.807) is 17.4 Å². The summed E-state index contributed by atoms with van der Waals surface area (Å²) in [5.41, 5.74) is 8.24. The Bertz CT molecular complexity index is 465. The van der Waals surface area contributed by atoms with Crippen LogP contribution >= 0.6 is 22.9 Å². The van der Waals surface area contributed by atoms with E-state index < -0.39 is 0 Å². The van der Waals surface area contributed by atoms with Gasteiger partial charge >= 0.3 is 0 Å². The molecule has 2 nitrogen and oxygen atoms in total. The summed E-state index contributed by atoms with van der Waals surface area (Å²) in [6.45, 7) is 1.96.